The van der Waals surface area contributed by atoms with E-state index in [1.165, 1.54) is 0 Å². The Kier molecular flexibility index (Phi) is 3.35. The lowest BCUT2D eigenvalue weighted by molar-refractivity contribution is 0.103. The fourth-order valence-corrected chi connectivity index (χ4v) is 4.74. The van der Waals surface area contributed by atoms with Gasteiger partial charge in [0.25, 0.3) is 0 Å². The van der Waals surface area contributed by atoms with Crippen molar-refractivity contribution >= 4 is 11.6 Å². The molecule has 4 aromatic rings. The second-order valence-corrected chi connectivity index (χ2v) is 8.28. The molecule has 142 valence electrons. The quantitative estimate of drug-likeness (QED) is 0.328. The molecule has 2 heteroatoms. The van der Waals surface area contributed by atoms with Gasteiger partial charge in [-0.05, 0) is 71.5 Å². The zero-order valence-electron chi connectivity index (χ0n) is 16.7. The minimum atomic E-state index is 0.0747. The molecule has 4 aromatic carbocycles. The molecule has 0 saturated carbocycles. The van der Waals surface area contributed by atoms with Crippen molar-refractivity contribution in [2.75, 3.05) is 0 Å². The Morgan fingerprint density at radius 2 is 0.733 bits per heavy atom. The molecule has 0 amide bonds. The highest BCUT2D eigenvalue weighted by Crippen LogP contribution is 2.41. The number of fused-ring (bicyclic) bond motifs is 6. The maximum absolute atomic E-state index is 13.0. The fourth-order valence-electron chi connectivity index (χ4n) is 4.74. The van der Waals surface area contributed by atoms with E-state index in [0.29, 0.717) is 0 Å². The summed E-state index contributed by atoms with van der Waals surface area (Å²) in [5, 5.41) is 0. The van der Waals surface area contributed by atoms with E-state index >= 15 is 0 Å². The number of aryl methyl sites for hydroxylation is 2. The predicted molar refractivity (Wildman–Crippen MR) is 119 cm³/mol. The van der Waals surface area contributed by atoms with Crippen LogP contribution in [0.1, 0.15) is 43.0 Å². The van der Waals surface area contributed by atoms with Crippen LogP contribution in [-0.4, -0.2) is 11.6 Å². The summed E-state index contributed by atoms with van der Waals surface area (Å²) in [7, 11) is 0. The summed E-state index contributed by atoms with van der Waals surface area (Å²) in [6, 6.07) is 24.1. The average Bonchev–Trinajstić information content (AvgIpc) is 3.19. The zero-order valence-corrected chi connectivity index (χ0v) is 16.7. The monoisotopic (exact) mass is 386 g/mol. The molecule has 0 unspecified atom stereocenters. The Balaban J connectivity index is 1.46. The molecule has 2 aliphatic rings. The summed E-state index contributed by atoms with van der Waals surface area (Å²) in [6.45, 7) is 4.01. The lowest BCUT2D eigenvalue weighted by Gasteiger charge is -2.07. The van der Waals surface area contributed by atoms with Crippen LogP contribution in [0.25, 0.3) is 33.4 Å². The van der Waals surface area contributed by atoms with E-state index in [1.54, 1.807) is 0 Å². The maximum atomic E-state index is 13.0. The third-order valence-corrected chi connectivity index (χ3v) is 6.28. The van der Waals surface area contributed by atoms with Crippen molar-refractivity contribution in [3.63, 3.8) is 0 Å². The molecule has 0 heterocycles. The van der Waals surface area contributed by atoms with Crippen LogP contribution < -0.4 is 0 Å². The maximum Gasteiger partial charge on any atom is 0.194 e. The van der Waals surface area contributed by atoms with E-state index in [-0.39, 0.29) is 11.6 Å². The SMILES string of the molecule is Cc1ccc2c(c1)C(=O)c1cc(-c3ccc4c(c3)C(=O)c3cc(C)ccc3-4)ccc1-2. The van der Waals surface area contributed by atoms with Crippen molar-refractivity contribution in [2.24, 2.45) is 0 Å². The second kappa shape index (κ2) is 5.87. The number of carbonyl (C=O) groups excluding carboxylic acids is 2. The number of hydrogen-bond donors (Lipinski definition) is 0. The molecular weight excluding hydrogens is 368 g/mol. The van der Waals surface area contributed by atoms with Crippen molar-refractivity contribution in [2.45, 2.75) is 13.8 Å². The third kappa shape index (κ3) is 2.25. The molecule has 0 aliphatic heterocycles. The Hall–Kier alpha value is -3.78. The molecule has 30 heavy (non-hydrogen) atoms. The first-order valence-electron chi connectivity index (χ1n) is 10.1. The lowest BCUT2D eigenvalue weighted by Crippen LogP contribution is -1.97. The predicted octanol–water partition coefficient (Wildman–Crippen LogP) is 6.39. The van der Waals surface area contributed by atoms with Crippen molar-refractivity contribution in [3.8, 4) is 33.4 Å². The van der Waals surface area contributed by atoms with Crippen LogP contribution in [-0.2, 0) is 0 Å². The van der Waals surface area contributed by atoms with Crippen molar-refractivity contribution < 1.29 is 9.59 Å². The smallest absolute Gasteiger partial charge is 0.194 e. The topological polar surface area (TPSA) is 34.1 Å². The lowest BCUT2D eigenvalue weighted by atomic mass is 9.96. The molecule has 0 saturated heterocycles. The summed E-state index contributed by atoms with van der Waals surface area (Å²) < 4.78 is 0. The first kappa shape index (κ1) is 17.1. The molecule has 0 aromatic heterocycles. The molecule has 0 fully saturated rings. The van der Waals surface area contributed by atoms with E-state index in [9.17, 15) is 9.59 Å². The van der Waals surface area contributed by atoms with Crippen LogP contribution in [0, 0.1) is 13.8 Å². The number of benzene rings is 4. The largest absolute Gasteiger partial charge is 0.289 e. The van der Waals surface area contributed by atoms with Crippen LogP contribution in [0.15, 0.2) is 72.8 Å². The molecule has 0 N–H and O–H groups in total. The summed E-state index contributed by atoms with van der Waals surface area (Å²) in [5.74, 6) is 0.149. The van der Waals surface area contributed by atoms with Crippen molar-refractivity contribution in [3.05, 3.63) is 106 Å². The van der Waals surface area contributed by atoms with Crippen molar-refractivity contribution in [1.82, 2.24) is 0 Å². The Morgan fingerprint density at radius 3 is 1.13 bits per heavy atom. The van der Waals surface area contributed by atoms with Gasteiger partial charge in [-0.15, -0.1) is 0 Å². The first-order chi connectivity index (χ1) is 14.5. The third-order valence-electron chi connectivity index (χ3n) is 6.28. The molecule has 0 atom stereocenters. The van der Waals surface area contributed by atoms with Crippen LogP contribution in [0.3, 0.4) is 0 Å². The normalized spacial score (nSPS) is 13.1. The highest BCUT2D eigenvalue weighted by atomic mass is 16.1. The van der Waals surface area contributed by atoms with E-state index in [0.717, 1.165) is 66.8 Å². The number of carbonyl (C=O) groups is 2. The van der Waals surface area contributed by atoms with Gasteiger partial charge in [0.15, 0.2) is 11.6 Å². The van der Waals surface area contributed by atoms with Gasteiger partial charge < -0.3 is 0 Å². The van der Waals surface area contributed by atoms with Crippen LogP contribution in [0.5, 0.6) is 0 Å². The van der Waals surface area contributed by atoms with E-state index in [2.05, 4.69) is 0 Å². The molecule has 0 radical (unpaired) electrons. The Bertz CT molecular complexity index is 1330. The molecule has 6 rings (SSSR count). The summed E-state index contributed by atoms with van der Waals surface area (Å²) in [5.41, 5.74) is 11.1. The highest BCUT2D eigenvalue weighted by molar-refractivity contribution is 6.23. The first-order valence-corrected chi connectivity index (χ1v) is 10.1. The molecular formula is C28H18O2. The van der Waals surface area contributed by atoms with Gasteiger partial charge >= 0.3 is 0 Å². The van der Waals surface area contributed by atoms with E-state index in [1.807, 2.05) is 86.6 Å². The number of rotatable bonds is 1. The van der Waals surface area contributed by atoms with Gasteiger partial charge in [-0.3, -0.25) is 9.59 Å². The standard InChI is InChI=1S/C28H18O2/c1-15-3-7-19-21-9-5-17(13-25(21)27(29)23(19)11-15)18-6-10-22-20-8-4-16(2)12-24(20)28(30)26(22)14-18/h3-14H,1-2H3. The van der Waals surface area contributed by atoms with Gasteiger partial charge in [0.05, 0.1) is 0 Å². The number of hydrogen-bond acceptors (Lipinski definition) is 2. The Labute approximate surface area is 174 Å². The van der Waals surface area contributed by atoms with Crippen LogP contribution in [0.2, 0.25) is 0 Å². The molecule has 0 spiro atoms. The van der Waals surface area contributed by atoms with Gasteiger partial charge in [-0.25, -0.2) is 0 Å². The fraction of sp³-hybridized carbons (Fsp3) is 0.0714. The highest BCUT2D eigenvalue weighted by Gasteiger charge is 2.29. The van der Waals surface area contributed by atoms with Crippen molar-refractivity contribution in [1.29, 1.82) is 0 Å². The van der Waals surface area contributed by atoms with Gasteiger partial charge in [-0.2, -0.15) is 0 Å². The van der Waals surface area contributed by atoms with Gasteiger partial charge in [0, 0.05) is 22.3 Å². The minimum Gasteiger partial charge on any atom is -0.289 e. The van der Waals surface area contributed by atoms with E-state index < -0.39 is 0 Å². The van der Waals surface area contributed by atoms with E-state index in [4.69, 9.17) is 0 Å². The average molecular weight is 386 g/mol. The second-order valence-electron chi connectivity index (χ2n) is 8.28. The van der Waals surface area contributed by atoms with Crippen LogP contribution in [0.4, 0.5) is 0 Å². The Morgan fingerprint density at radius 1 is 0.400 bits per heavy atom. The summed E-state index contributed by atoms with van der Waals surface area (Å²) in [6.07, 6.45) is 0. The number of ketones is 2. The molecule has 2 nitrogen and oxygen atoms in total. The minimum absolute atomic E-state index is 0.0747. The van der Waals surface area contributed by atoms with Gasteiger partial charge in [0.2, 0.25) is 0 Å². The summed E-state index contributed by atoms with van der Waals surface area (Å²) >= 11 is 0. The molecule has 2 aliphatic carbocycles. The van der Waals surface area contributed by atoms with Crippen LogP contribution >= 0.6 is 0 Å². The van der Waals surface area contributed by atoms with Gasteiger partial charge in [-0.1, -0.05) is 59.7 Å². The van der Waals surface area contributed by atoms with Gasteiger partial charge in [0.1, 0.15) is 0 Å². The molecule has 0 bridgehead atoms. The zero-order chi connectivity index (χ0) is 20.6. The summed E-state index contributed by atoms with van der Waals surface area (Å²) in [4.78, 5) is 26.0.